The van der Waals surface area contributed by atoms with Crippen LogP contribution in [0.5, 0.6) is 0 Å². The Morgan fingerprint density at radius 3 is 3.00 bits per heavy atom. The van der Waals surface area contributed by atoms with Crippen LogP contribution in [-0.2, 0) is 4.79 Å². The minimum Gasteiger partial charge on any atom is -0.411 e. The van der Waals surface area contributed by atoms with Gasteiger partial charge in [0.15, 0.2) is 0 Å². The number of primary amides is 1. The molecule has 0 radical (unpaired) electrons. The molecule has 0 spiro atoms. The number of carbonyl (C=O) groups excluding carboxylic acids is 1. The fourth-order valence-corrected chi connectivity index (χ4v) is 1.64. The fourth-order valence-electron chi connectivity index (χ4n) is 1.14. The summed E-state index contributed by atoms with van der Waals surface area (Å²) in [6.07, 6.45) is 0. The lowest BCUT2D eigenvalue weighted by atomic mass is 10.2. The maximum Gasteiger partial charge on any atom is 0.277 e. The van der Waals surface area contributed by atoms with E-state index >= 15 is 0 Å². The van der Waals surface area contributed by atoms with Crippen LogP contribution in [-0.4, -0.2) is 21.9 Å². The molecule has 1 aromatic heterocycles. The number of hydrogen-bond donors (Lipinski definition) is 1. The smallest absolute Gasteiger partial charge is 0.277 e. The van der Waals surface area contributed by atoms with Gasteiger partial charge in [0.25, 0.3) is 5.22 Å². The first-order valence-electron chi connectivity index (χ1n) is 4.65. The number of nitrogens with zero attached hydrogens (tertiary/aromatic N) is 2. The highest BCUT2D eigenvalue weighted by Crippen LogP contribution is 2.23. The SMILES string of the molecule is NC(=O)CSc1nnc(-c2cccc(F)c2)o1. The second-order valence-electron chi connectivity index (χ2n) is 3.14. The van der Waals surface area contributed by atoms with E-state index in [9.17, 15) is 9.18 Å². The third-order valence-electron chi connectivity index (χ3n) is 1.82. The number of nitrogens with two attached hydrogens (primary N) is 1. The van der Waals surface area contributed by atoms with E-state index in [1.165, 1.54) is 12.1 Å². The van der Waals surface area contributed by atoms with Gasteiger partial charge in [-0.05, 0) is 18.2 Å². The number of hydrogen-bond acceptors (Lipinski definition) is 5. The van der Waals surface area contributed by atoms with Crippen LogP contribution in [0.2, 0.25) is 0 Å². The molecule has 0 aliphatic rings. The van der Waals surface area contributed by atoms with Gasteiger partial charge in [-0.15, -0.1) is 10.2 Å². The molecule has 1 aromatic carbocycles. The number of rotatable bonds is 4. The standard InChI is InChI=1S/C10H8FN3O2S/c11-7-3-1-2-6(4-7)9-13-14-10(16-9)17-5-8(12)15/h1-4H,5H2,(H2,12,15). The number of thioether (sulfide) groups is 1. The summed E-state index contributed by atoms with van der Waals surface area (Å²) in [5.41, 5.74) is 5.47. The summed E-state index contributed by atoms with van der Waals surface area (Å²) in [4.78, 5) is 10.6. The molecule has 17 heavy (non-hydrogen) atoms. The second-order valence-corrected chi connectivity index (χ2v) is 4.07. The largest absolute Gasteiger partial charge is 0.411 e. The van der Waals surface area contributed by atoms with Gasteiger partial charge in [-0.1, -0.05) is 17.8 Å². The molecule has 2 N–H and O–H groups in total. The first kappa shape index (κ1) is 11.6. The van der Waals surface area contributed by atoms with Gasteiger partial charge in [0, 0.05) is 5.56 Å². The van der Waals surface area contributed by atoms with Gasteiger partial charge in [0.1, 0.15) is 5.82 Å². The van der Waals surface area contributed by atoms with Gasteiger partial charge in [-0.25, -0.2) is 4.39 Å². The predicted octanol–water partition coefficient (Wildman–Crippen LogP) is 1.45. The Morgan fingerprint density at radius 2 is 2.29 bits per heavy atom. The first-order valence-corrected chi connectivity index (χ1v) is 5.64. The number of carbonyl (C=O) groups is 1. The molecular formula is C10H8FN3O2S. The van der Waals surface area contributed by atoms with Crippen molar-refractivity contribution in [3.05, 3.63) is 30.1 Å². The van der Waals surface area contributed by atoms with Crippen molar-refractivity contribution in [1.29, 1.82) is 0 Å². The zero-order chi connectivity index (χ0) is 12.3. The molecule has 0 bridgehead atoms. The summed E-state index contributed by atoms with van der Waals surface area (Å²) in [5.74, 6) is -0.589. The van der Waals surface area contributed by atoms with Crippen molar-refractivity contribution >= 4 is 17.7 Å². The molecule has 0 aliphatic carbocycles. The molecule has 1 heterocycles. The topological polar surface area (TPSA) is 82.0 Å². The van der Waals surface area contributed by atoms with Crippen LogP contribution in [0, 0.1) is 5.82 Å². The third-order valence-corrected chi connectivity index (χ3v) is 2.66. The van der Waals surface area contributed by atoms with Gasteiger partial charge < -0.3 is 10.2 Å². The Labute approximate surface area is 100 Å². The van der Waals surface area contributed by atoms with Gasteiger partial charge in [0.05, 0.1) is 5.75 Å². The average Bonchev–Trinajstić information content (AvgIpc) is 2.75. The lowest BCUT2D eigenvalue weighted by molar-refractivity contribution is -0.115. The molecule has 2 aromatic rings. The molecule has 0 saturated heterocycles. The molecule has 1 amide bonds. The summed E-state index contributed by atoms with van der Waals surface area (Å²) < 4.78 is 18.2. The van der Waals surface area contributed by atoms with E-state index in [2.05, 4.69) is 10.2 Å². The van der Waals surface area contributed by atoms with Crippen LogP contribution in [0.4, 0.5) is 4.39 Å². The maximum atomic E-state index is 13.0. The zero-order valence-electron chi connectivity index (χ0n) is 8.59. The summed E-state index contributed by atoms with van der Waals surface area (Å²) in [6, 6.07) is 5.81. The maximum absolute atomic E-state index is 13.0. The number of benzene rings is 1. The monoisotopic (exact) mass is 253 g/mol. The molecule has 0 aliphatic heterocycles. The summed E-state index contributed by atoms with van der Waals surface area (Å²) in [7, 11) is 0. The van der Waals surface area contributed by atoms with Crippen molar-refractivity contribution in [2.24, 2.45) is 5.73 Å². The minimum atomic E-state index is -0.472. The molecule has 5 nitrogen and oxygen atoms in total. The molecule has 88 valence electrons. The van der Waals surface area contributed by atoms with E-state index in [1.807, 2.05) is 0 Å². The van der Waals surface area contributed by atoms with Crippen molar-refractivity contribution in [2.75, 3.05) is 5.75 Å². The van der Waals surface area contributed by atoms with Crippen LogP contribution >= 0.6 is 11.8 Å². The van der Waals surface area contributed by atoms with Crippen molar-refractivity contribution in [2.45, 2.75) is 5.22 Å². The van der Waals surface area contributed by atoms with Crippen LogP contribution in [0.25, 0.3) is 11.5 Å². The van der Waals surface area contributed by atoms with Crippen molar-refractivity contribution < 1.29 is 13.6 Å². The minimum absolute atomic E-state index is 0.0603. The molecule has 7 heteroatoms. The van der Waals surface area contributed by atoms with E-state index < -0.39 is 5.91 Å². The summed E-state index contributed by atoms with van der Waals surface area (Å²) in [5, 5.41) is 7.68. The highest BCUT2D eigenvalue weighted by atomic mass is 32.2. The highest BCUT2D eigenvalue weighted by Gasteiger charge is 2.10. The van der Waals surface area contributed by atoms with E-state index in [1.54, 1.807) is 12.1 Å². The van der Waals surface area contributed by atoms with E-state index in [-0.39, 0.29) is 22.7 Å². The number of amides is 1. The van der Waals surface area contributed by atoms with Crippen LogP contribution in [0.1, 0.15) is 0 Å². The second kappa shape index (κ2) is 4.96. The normalized spacial score (nSPS) is 10.4. The van der Waals surface area contributed by atoms with Gasteiger partial charge in [-0.3, -0.25) is 4.79 Å². The lowest BCUT2D eigenvalue weighted by Gasteiger charge is -1.94. The molecule has 0 unspecified atom stereocenters. The summed E-state index contributed by atoms with van der Waals surface area (Å²) >= 11 is 1.04. The third kappa shape index (κ3) is 3.04. The summed E-state index contributed by atoms with van der Waals surface area (Å²) in [6.45, 7) is 0. The number of halogens is 1. The van der Waals surface area contributed by atoms with Gasteiger partial charge in [-0.2, -0.15) is 0 Å². The Morgan fingerprint density at radius 1 is 1.47 bits per heavy atom. The Balaban J connectivity index is 2.15. The number of aromatic nitrogens is 2. The van der Waals surface area contributed by atoms with Crippen LogP contribution in [0.15, 0.2) is 33.9 Å². The van der Waals surface area contributed by atoms with Crippen LogP contribution < -0.4 is 5.73 Å². The highest BCUT2D eigenvalue weighted by molar-refractivity contribution is 7.99. The Kier molecular flexibility index (Phi) is 3.38. The predicted molar refractivity (Wildman–Crippen MR) is 59.6 cm³/mol. The van der Waals surface area contributed by atoms with Crippen molar-refractivity contribution in [3.8, 4) is 11.5 Å². The van der Waals surface area contributed by atoms with E-state index in [0.29, 0.717) is 5.56 Å². The Hall–Kier alpha value is -1.89. The van der Waals surface area contributed by atoms with Crippen LogP contribution in [0.3, 0.4) is 0 Å². The fraction of sp³-hybridized carbons (Fsp3) is 0.100. The van der Waals surface area contributed by atoms with E-state index in [4.69, 9.17) is 10.2 Å². The first-order chi connectivity index (χ1) is 8.15. The Bertz CT molecular complexity index is 544. The van der Waals surface area contributed by atoms with Gasteiger partial charge >= 0.3 is 0 Å². The quantitative estimate of drug-likeness (QED) is 0.834. The molecule has 2 rings (SSSR count). The molecule has 0 atom stereocenters. The van der Waals surface area contributed by atoms with Gasteiger partial charge in [0.2, 0.25) is 11.8 Å². The molecule has 0 fully saturated rings. The average molecular weight is 253 g/mol. The van der Waals surface area contributed by atoms with Crippen molar-refractivity contribution in [1.82, 2.24) is 10.2 Å². The van der Waals surface area contributed by atoms with E-state index in [0.717, 1.165) is 11.8 Å². The molecule has 0 saturated carbocycles. The zero-order valence-corrected chi connectivity index (χ0v) is 9.41. The lowest BCUT2D eigenvalue weighted by Crippen LogP contribution is -2.12. The van der Waals surface area contributed by atoms with Crippen molar-refractivity contribution in [3.63, 3.8) is 0 Å². The molecular weight excluding hydrogens is 245 g/mol.